The zero-order valence-corrected chi connectivity index (χ0v) is 21.1. The number of ether oxygens (including phenoxy) is 1. The van der Waals surface area contributed by atoms with Crippen LogP contribution in [-0.2, 0) is 6.42 Å². The monoisotopic (exact) mass is 450 g/mol. The Morgan fingerprint density at radius 3 is 2.12 bits per heavy atom. The summed E-state index contributed by atoms with van der Waals surface area (Å²) in [5.74, 6) is 2.80. The molecule has 33 heavy (non-hydrogen) atoms. The normalized spacial score (nSPS) is 14.1. The maximum atomic E-state index is 5.94. The van der Waals surface area contributed by atoms with Gasteiger partial charge < -0.3 is 4.74 Å². The molecule has 182 valence electrons. The van der Waals surface area contributed by atoms with Gasteiger partial charge >= 0.3 is 0 Å². The molecule has 3 heteroatoms. The lowest BCUT2D eigenvalue weighted by molar-refractivity contribution is 0.304. The van der Waals surface area contributed by atoms with Crippen LogP contribution in [0.4, 0.5) is 0 Å². The minimum Gasteiger partial charge on any atom is -0.494 e. The quantitative estimate of drug-likeness (QED) is 0.226. The fraction of sp³-hybridized carbons (Fsp3) is 0.667. The Morgan fingerprint density at radius 2 is 1.39 bits per heavy atom. The topological polar surface area (TPSA) is 35.0 Å². The van der Waals surface area contributed by atoms with E-state index in [0.29, 0.717) is 0 Å². The van der Waals surface area contributed by atoms with E-state index in [-0.39, 0.29) is 0 Å². The van der Waals surface area contributed by atoms with Crippen LogP contribution < -0.4 is 4.74 Å². The lowest BCUT2D eigenvalue weighted by Gasteiger charge is -2.09. The van der Waals surface area contributed by atoms with Crippen LogP contribution in [0.25, 0.3) is 11.4 Å². The van der Waals surface area contributed by atoms with Crippen molar-refractivity contribution in [3.63, 3.8) is 0 Å². The molecule has 1 aromatic carbocycles. The molecule has 0 N–H and O–H groups in total. The summed E-state index contributed by atoms with van der Waals surface area (Å²) in [6, 6.07) is 8.23. The predicted molar refractivity (Wildman–Crippen MR) is 140 cm³/mol. The van der Waals surface area contributed by atoms with Gasteiger partial charge in [-0.3, -0.25) is 0 Å². The summed E-state index contributed by atoms with van der Waals surface area (Å²) >= 11 is 0. The van der Waals surface area contributed by atoms with Gasteiger partial charge in [0, 0.05) is 18.0 Å². The predicted octanol–water partition coefficient (Wildman–Crippen LogP) is 8.96. The molecule has 1 fully saturated rings. The summed E-state index contributed by atoms with van der Waals surface area (Å²) < 4.78 is 5.94. The van der Waals surface area contributed by atoms with Crippen molar-refractivity contribution in [2.75, 3.05) is 6.61 Å². The van der Waals surface area contributed by atoms with E-state index < -0.39 is 0 Å². The van der Waals surface area contributed by atoms with Crippen molar-refractivity contribution in [1.82, 2.24) is 9.97 Å². The molecule has 1 saturated carbocycles. The van der Waals surface area contributed by atoms with E-state index in [9.17, 15) is 0 Å². The Morgan fingerprint density at radius 1 is 0.758 bits per heavy atom. The first-order valence-electron chi connectivity index (χ1n) is 13.9. The highest BCUT2D eigenvalue weighted by Crippen LogP contribution is 2.29. The first kappa shape index (κ1) is 25.7. The fourth-order valence-corrected chi connectivity index (χ4v) is 5.00. The van der Waals surface area contributed by atoms with Crippen molar-refractivity contribution >= 4 is 0 Å². The molecule has 0 saturated heterocycles. The summed E-state index contributed by atoms with van der Waals surface area (Å²) in [7, 11) is 0. The summed E-state index contributed by atoms with van der Waals surface area (Å²) in [5, 5.41) is 0. The van der Waals surface area contributed by atoms with Crippen molar-refractivity contribution in [2.24, 2.45) is 5.92 Å². The molecule has 0 radical (unpaired) electrons. The fourth-order valence-electron chi connectivity index (χ4n) is 5.00. The number of aromatic nitrogens is 2. The van der Waals surface area contributed by atoms with Gasteiger partial charge in [0.15, 0.2) is 5.82 Å². The third-order valence-electron chi connectivity index (χ3n) is 7.14. The van der Waals surface area contributed by atoms with E-state index in [0.717, 1.165) is 42.5 Å². The minimum absolute atomic E-state index is 0.796. The smallest absolute Gasteiger partial charge is 0.159 e. The number of hydrogen-bond acceptors (Lipinski definition) is 3. The van der Waals surface area contributed by atoms with Gasteiger partial charge in [0.2, 0.25) is 0 Å². The highest BCUT2D eigenvalue weighted by molar-refractivity contribution is 5.55. The third kappa shape index (κ3) is 10.3. The second-order valence-corrected chi connectivity index (χ2v) is 10.0. The van der Waals surface area contributed by atoms with Crippen molar-refractivity contribution in [3.8, 4) is 17.1 Å². The van der Waals surface area contributed by atoms with Gasteiger partial charge in [0.05, 0.1) is 6.61 Å². The van der Waals surface area contributed by atoms with Crippen LogP contribution in [0, 0.1) is 5.92 Å². The first-order valence-corrected chi connectivity index (χ1v) is 13.9. The molecule has 2 aromatic rings. The maximum absolute atomic E-state index is 5.94. The molecular formula is C30H46N2O. The van der Waals surface area contributed by atoms with E-state index in [1.807, 2.05) is 24.5 Å². The molecule has 0 amide bonds. The summed E-state index contributed by atoms with van der Waals surface area (Å²) in [6.45, 7) is 3.07. The number of rotatable bonds is 17. The van der Waals surface area contributed by atoms with Crippen LogP contribution in [0.3, 0.4) is 0 Å². The van der Waals surface area contributed by atoms with Gasteiger partial charge in [-0.2, -0.15) is 0 Å². The highest BCUT2D eigenvalue weighted by atomic mass is 16.5. The lowest BCUT2D eigenvalue weighted by Crippen LogP contribution is -1.98. The van der Waals surface area contributed by atoms with Crippen molar-refractivity contribution in [3.05, 3.63) is 42.2 Å². The number of hydrogen-bond donors (Lipinski definition) is 0. The zero-order valence-electron chi connectivity index (χ0n) is 21.1. The van der Waals surface area contributed by atoms with Crippen LogP contribution in [-0.4, -0.2) is 16.6 Å². The SMILES string of the molecule is CCCCCCCc1cnc(-c2ccc(OCCCCCCCCC3CCCC3)cc2)nc1. The van der Waals surface area contributed by atoms with Gasteiger partial charge in [-0.05, 0) is 55.0 Å². The molecule has 1 aliphatic carbocycles. The van der Waals surface area contributed by atoms with Crippen molar-refractivity contribution in [1.29, 1.82) is 0 Å². The Balaban J connectivity index is 1.24. The average molecular weight is 451 g/mol. The molecule has 0 atom stereocenters. The van der Waals surface area contributed by atoms with Gasteiger partial charge in [-0.25, -0.2) is 9.97 Å². The number of unbranched alkanes of at least 4 members (excludes halogenated alkanes) is 9. The molecule has 3 rings (SSSR count). The largest absolute Gasteiger partial charge is 0.494 e. The van der Waals surface area contributed by atoms with Gasteiger partial charge in [-0.1, -0.05) is 96.8 Å². The van der Waals surface area contributed by atoms with E-state index in [1.165, 1.54) is 102 Å². The van der Waals surface area contributed by atoms with Crippen LogP contribution in [0.5, 0.6) is 5.75 Å². The lowest BCUT2D eigenvalue weighted by atomic mass is 9.99. The molecule has 0 aliphatic heterocycles. The molecule has 0 spiro atoms. The van der Waals surface area contributed by atoms with Crippen LogP contribution in [0.15, 0.2) is 36.7 Å². The first-order chi connectivity index (χ1) is 16.3. The second-order valence-electron chi connectivity index (χ2n) is 10.0. The average Bonchev–Trinajstić information content (AvgIpc) is 3.37. The van der Waals surface area contributed by atoms with Gasteiger partial charge in [-0.15, -0.1) is 0 Å². The molecule has 1 aliphatic rings. The van der Waals surface area contributed by atoms with E-state index in [2.05, 4.69) is 29.0 Å². The zero-order chi connectivity index (χ0) is 23.0. The third-order valence-corrected chi connectivity index (χ3v) is 7.14. The standard InChI is InChI=1S/C30H46N2O/c1-2-3-4-7-11-18-27-24-31-30(32-25-27)28-19-21-29(22-20-28)33-23-14-9-6-5-8-10-15-26-16-12-13-17-26/h19-22,24-26H,2-18,23H2,1H3. The van der Waals surface area contributed by atoms with Crippen molar-refractivity contribution < 1.29 is 4.74 Å². The molecular weight excluding hydrogens is 404 g/mol. The highest BCUT2D eigenvalue weighted by Gasteiger charge is 2.13. The Bertz CT molecular complexity index is 735. The van der Waals surface area contributed by atoms with E-state index >= 15 is 0 Å². The maximum Gasteiger partial charge on any atom is 0.159 e. The molecule has 1 heterocycles. The van der Waals surface area contributed by atoms with Gasteiger partial charge in [0.1, 0.15) is 5.75 Å². The van der Waals surface area contributed by atoms with Crippen LogP contribution in [0.1, 0.15) is 115 Å². The van der Waals surface area contributed by atoms with E-state index in [1.54, 1.807) is 0 Å². The van der Waals surface area contributed by atoms with Crippen LogP contribution >= 0.6 is 0 Å². The molecule has 0 bridgehead atoms. The summed E-state index contributed by atoms with van der Waals surface area (Å²) in [4.78, 5) is 9.16. The molecule has 1 aromatic heterocycles. The Labute approximate surface area is 202 Å². The Hall–Kier alpha value is -1.90. The second kappa shape index (κ2) is 15.9. The summed E-state index contributed by atoms with van der Waals surface area (Å²) in [6.07, 6.45) is 27.0. The minimum atomic E-state index is 0.796. The summed E-state index contributed by atoms with van der Waals surface area (Å²) in [5.41, 5.74) is 2.29. The van der Waals surface area contributed by atoms with Crippen LogP contribution in [0.2, 0.25) is 0 Å². The van der Waals surface area contributed by atoms with Gasteiger partial charge in [0.25, 0.3) is 0 Å². The Kier molecular flexibility index (Phi) is 12.4. The molecule has 3 nitrogen and oxygen atoms in total. The number of nitrogens with zero attached hydrogens (tertiary/aromatic N) is 2. The molecule has 0 unspecified atom stereocenters. The van der Waals surface area contributed by atoms with E-state index in [4.69, 9.17) is 4.74 Å². The van der Waals surface area contributed by atoms with Crippen molar-refractivity contribution in [2.45, 2.75) is 116 Å². The number of benzene rings is 1. The number of aryl methyl sites for hydroxylation is 1.